The minimum absolute atomic E-state index is 0.135. The molecular weight excluding hydrogens is 354 g/mol. The lowest BCUT2D eigenvalue weighted by atomic mass is 10.1. The summed E-state index contributed by atoms with van der Waals surface area (Å²) >= 11 is 0. The minimum Gasteiger partial charge on any atom is -0.497 e. The molecule has 28 heavy (non-hydrogen) atoms. The largest absolute Gasteiger partial charge is 0.497 e. The van der Waals surface area contributed by atoms with Crippen LogP contribution in [0.5, 0.6) is 5.75 Å². The summed E-state index contributed by atoms with van der Waals surface area (Å²) in [6.07, 6.45) is 4.49. The number of aromatic nitrogens is 2. The molecule has 3 N–H and O–H groups in total. The van der Waals surface area contributed by atoms with Crippen LogP contribution >= 0.6 is 0 Å². The molecule has 0 saturated carbocycles. The molecular formula is C21H25N5O2. The molecule has 1 fully saturated rings. The Labute approximate surface area is 164 Å². The Balaban J connectivity index is 1.49. The van der Waals surface area contributed by atoms with Crippen molar-refractivity contribution in [2.24, 2.45) is 0 Å². The summed E-state index contributed by atoms with van der Waals surface area (Å²) in [6.45, 7) is 2.80. The van der Waals surface area contributed by atoms with Gasteiger partial charge >= 0.3 is 0 Å². The molecule has 7 nitrogen and oxygen atoms in total. The van der Waals surface area contributed by atoms with Gasteiger partial charge in [0.05, 0.1) is 18.4 Å². The molecule has 7 heteroatoms. The molecule has 0 spiro atoms. The minimum atomic E-state index is -0.135. The van der Waals surface area contributed by atoms with Crippen LogP contribution < -0.4 is 15.4 Å². The van der Waals surface area contributed by atoms with Crippen LogP contribution in [0.15, 0.2) is 42.7 Å². The first kappa shape index (κ1) is 18.3. The molecule has 1 aliphatic rings. The molecule has 4 rings (SSSR count). The molecule has 1 unspecified atom stereocenters. The zero-order chi connectivity index (χ0) is 19.5. The van der Waals surface area contributed by atoms with Crippen molar-refractivity contribution in [1.82, 2.24) is 20.2 Å². The van der Waals surface area contributed by atoms with E-state index in [1.54, 1.807) is 20.4 Å². The second kappa shape index (κ2) is 7.90. The van der Waals surface area contributed by atoms with Crippen LogP contribution in [0.4, 0.5) is 5.69 Å². The summed E-state index contributed by atoms with van der Waals surface area (Å²) in [4.78, 5) is 22.2. The van der Waals surface area contributed by atoms with Gasteiger partial charge in [0.1, 0.15) is 11.4 Å². The van der Waals surface area contributed by atoms with Crippen molar-refractivity contribution >= 4 is 22.6 Å². The third-order valence-corrected chi connectivity index (χ3v) is 5.22. The van der Waals surface area contributed by atoms with E-state index >= 15 is 0 Å². The highest BCUT2D eigenvalue weighted by atomic mass is 16.5. The molecule has 0 aliphatic carbocycles. The summed E-state index contributed by atoms with van der Waals surface area (Å²) < 4.78 is 5.32. The molecule has 1 amide bonds. The first-order valence-corrected chi connectivity index (χ1v) is 9.48. The Hall–Kier alpha value is -3.06. The maximum absolute atomic E-state index is 12.3. The number of benzene rings is 1. The molecule has 0 bridgehead atoms. The zero-order valence-electron chi connectivity index (χ0n) is 16.2. The number of ether oxygens (including phenoxy) is 1. The number of carbonyl (C=O) groups excluding carboxylic acids is 1. The SMILES string of the molecule is CNC(=O)c1cnc2[nH]ccc2c1NC1CCN(Cc2cccc(OC)c2)C1. The first-order valence-electron chi connectivity index (χ1n) is 9.48. The fraction of sp³-hybridized carbons (Fsp3) is 0.333. The summed E-state index contributed by atoms with van der Waals surface area (Å²) in [5.41, 5.74) is 3.43. The third-order valence-electron chi connectivity index (χ3n) is 5.22. The van der Waals surface area contributed by atoms with Gasteiger partial charge in [-0.3, -0.25) is 9.69 Å². The number of pyridine rings is 1. The lowest BCUT2D eigenvalue weighted by Crippen LogP contribution is -2.28. The van der Waals surface area contributed by atoms with Gasteiger partial charge in [0.25, 0.3) is 5.91 Å². The lowest BCUT2D eigenvalue weighted by Gasteiger charge is -2.19. The van der Waals surface area contributed by atoms with Gasteiger partial charge in [-0.25, -0.2) is 4.98 Å². The summed E-state index contributed by atoms with van der Waals surface area (Å²) in [7, 11) is 3.33. The first-order chi connectivity index (χ1) is 13.7. The van der Waals surface area contributed by atoms with Crippen molar-refractivity contribution in [2.75, 3.05) is 32.6 Å². The number of likely N-dealkylation sites (tertiary alicyclic amines) is 1. The molecule has 1 saturated heterocycles. The molecule has 1 aliphatic heterocycles. The maximum Gasteiger partial charge on any atom is 0.254 e. The Morgan fingerprint density at radius 2 is 2.29 bits per heavy atom. The highest BCUT2D eigenvalue weighted by Crippen LogP contribution is 2.28. The topological polar surface area (TPSA) is 82.3 Å². The van der Waals surface area contributed by atoms with Crippen molar-refractivity contribution in [3.05, 3.63) is 53.9 Å². The fourth-order valence-electron chi connectivity index (χ4n) is 3.80. The van der Waals surface area contributed by atoms with Gasteiger partial charge in [0.15, 0.2) is 0 Å². The number of amides is 1. The van der Waals surface area contributed by atoms with Crippen LogP contribution in [0.3, 0.4) is 0 Å². The Morgan fingerprint density at radius 3 is 3.11 bits per heavy atom. The molecule has 3 aromatic rings. The van der Waals surface area contributed by atoms with E-state index in [9.17, 15) is 4.79 Å². The average molecular weight is 379 g/mol. The Morgan fingerprint density at radius 1 is 1.39 bits per heavy atom. The van der Waals surface area contributed by atoms with Gasteiger partial charge in [-0.15, -0.1) is 0 Å². The second-order valence-electron chi connectivity index (χ2n) is 7.08. The molecule has 2 aromatic heterocycles. The zero-order valence-corrected chi connectivity index (χ0v) is 16.2. The summed E-state index contributed by atoms with van der Waals surface area (Å²) in [6, 6.07) is 10.4. The molecule has 3 heterocycles. The van der Waals surface area contributed by atoms with Crippen LogP contribution in [0.1, 0.15) is 22.3 Å². The number of fused-ring (bicyclic) bond motifs is 1. The number of anilines is 1. The number of methoxy groups -OCH3 is 1. The molecule has 1 aromatic carbocycles. The van der Waals surface area contributed by atoms with Gasteiger partial charge in [-0.05, 0) is 30.2 Å². The quantitative estimate of drug-likeness (QED) is 0.613. The number of hydrogen-bond donors (Lipinski definition) is 3. The number of nitrogens with one attached hydrogen (secondary N) is 3. The molecule has 0 radical (unpaired) electrons. The van der Waals surface area contributed by atoms with Crippen LogP contribution in [-0.2, 0) is 6.54 Å². The van der Waals surface area contributed by atoms with Gasteiger partial charge in [-0.2, -0.15) is 0 Å². The van der Waals surface area contributed by atoms with E-state index in [1.165, 1.54) is 5.56 Å². The van der Waals surface area contributed by atoms with E-state index in [2.05, 4.69) is 37.6 Å². The smallest absolute Gasteiger partial charge is 0.254 e. The number of carbonyl (C=O) groups is 1. The predicted octanol–water partition coefficient (Wildman–Crippen LogP) is 2.62. The lowest BCUT2D eigenvalue weighted by molar-refractivity contribution is 0.0963. The number of rotatable bonds is 6. The van der Waals surface area contributed by atoms with Gasteiger partial charge in [-0.1, -0.05) is 12.1 Å². The van der Waals surface area contributed by atoms with E-state index in [-0.39, 0.29) is 11.9 Å². The Bertz CT molecular complexity index is 984. The predicted molar refractivity (Wildman–Crippen MR) is 110 cm³/mol. The molecule has 146 valence electrons. The number of nitrogens with zero attached hydrogens (tertiary/aromatic N) is 2. The third kappa shape index (κ3) is 3.66. The summed E-state index contributed by atoms with van der Waals surface area (Å²) in [5, 5.41) is 7.25. The van der Waals surface area contributed by atoms with Gasteiger partial charge in [0, 0.05) is 50.5 Å². The standard InChI is InChI=1S/C21H25N5O2/c1-22-21(27)18-11-24-20-17(6-8-23-20)19(18)25-15-7-9-26(13-15)12-14-4-3-5-16(10-14)28-2/h3-6,8,10-11,15H,7,9,12-13H2,1-2H3,(H,22,27)(H2,23,24,25). The van der Waals surface area contributed by atoms with E-state index in [0.29, 0.717) is 5.56 Å². The van der Waals surface area contributed by atoms with Gasteiger partial charge in [0.2, 0.25) is 0 Å². The summed E-state index contributed by atoms with van der Waals surface area (Å²) in [5.74, 6) is 0.748. The number of H-pyrrole nitrogens is 1. The van der Waals surface area contributed by atoms with Gasteiger partial charge < -0.3 is 20.4 Å². The van der Waals surface area contributed by atoms with E-state index in [1.807, 2.05) is 24.4 Å². The number of aromatic amines is 1. The van der Waals surface area contributed by atoms with E-state index < -0.39 is 0 Å². The van der Waals surface area contributed by atoms with Crippen molar-refractivity contribution < 1.29 is 9.53 Å². The van der Waals surface area contributed by atoms with Crippen molar-refractivity contribution in [3.63, 3.8) is 0 Å². The Kier molecular flexibility index (Phi) is 5.16. The van der Waals surface area contributed by atoms with Crippen LogP contribution in [0.2, 0.25) is 0 Å². The average Bonchev–Trinajstić information content (AvgIpc) is 3.37. The van der Waals surface area contributed by atoms with E-state index in [0.717, 1.165) is 48.5 Å². The van der Waals surface area contributed by atoms with Crippen molar-refractivity contribution in [1.29, 1.82) is 0 Å². The van der Waals surface area contributed by atoms with Crippen LogP contribution in [-0.4, -0.2) is 54.1 Å². The van der Waals surface area contributed by atoms with Crippen molar-refractivity contribution in [2.45, 2.75) is 19.0 Å². The van der Waals surface area contributed by atoms with E-state index in [4.69, 9.17) is 4.74 Å². The maximum atomic E-state index is 12.3. The number of hydrogen-bond acceptors (Lipinski definition) is 5. The highest BCUT2D eigenvalue weighted by Gasteiger charge is 2.25. The highest BCUT2D eigenvalue weighted by molar-refractivity contribution is 6.06. The van der Waals surface area contributed by atoms with Crippen molar-refractivity contribution in [3.8, 4) is 5.75 Å². The second-order valence-corrected chi connectivity index (χ2v) is 7.08. The normalized spacial score (nSPS) is 17.0. The van der Waals surface area contributed by atoms with Crippen LogP contribution in [0, 0.1) is 0 Å². The van der Waals surface area contributed by atoms with Crippen LogP contribution in [0.25, 0.3) is 11.0 Å². The monoisotopic (exact) mass is 379 g/mol. The fourth-order valence-corrected chi connectivity index (χ4v) is 3.80. The molecule has 1 atom stereocenters.